The van der Waals surface area contributed by atoms with Gasteiger partial charge in [0, 0.05) is 6.07 Å². The number of rotatable bonds is 6. The van der Waals surface area contributed by atoms with E-state index in [1.807, 2.05) is 0 Å². The van der Waals surface area contributed by atoms with Crippen molar-refractivity contribution in [2.75, 3.05) is 0 Å². The van der Waals surface area contributed by atoms with Crippen molar-refractivity contribution >= 4 is 6.16 Å². The molecule has 1 aliphatic carbocycles. The Morgan fingerprint density at radius 1 is 1.23 bits per heavy atom. The molecule has 1 aromatic rings. The Morgan fingerprint density at radius 3 is 2.41 bits per heavy atom. The predicted octanol–water partition coefficient (Wildman–Crippen LogP) is 5.42. The molecule has 0 amide bonds. The molecule has 0 saturated heterocycles. The van der Waals surface area contributed by atoms with Crippen molar-refractivity contribution in [3.63, 3.8) is 0 Å². The van der Waals surface area contributed by atoms with Crippen LogP contribution >= 0.6 is 0 Å². The molecule has 1 aliphatic rings. The molecule has 122 valence electrons. The number of halogens is 1. The number of benzene rings is 1. The van der Waals surface area contributed by atoms with Crippen LogP contribution in [0.15, 0.2) is 18.2 Å². The highest BCUT2D eigenvalue weighted by Crippen LogP contribution is 2.34. The highest BCUT2D eigenvalue weighted by atomic mass is 19.1. The van der Waals surface area contributed by atoms with Gasteiger partial charge in [-0.1, -0.05) is 51.5 Å². The van der Waals surface area contributed by atoms with Crippen LogP contribution in [0, 0.1) is 17.7 Å². The van der Waals surface area contributed by atoms with Crippen molar-refractivity contribution < 1.29 is 19.0 Å². The van der Waals surface area contributed by atoms with E-state index in [2.05, 4.69) is 11.7 Å². The first kappa shape index (κ1) is 16.8. The molecule has 22 heavy (non-hydrogen) atoms. The molecule has 2 rings (SSSR count). The number of ether oxygens (including phenoxy) is 1. The fourth-order valence-electron chi connectivity index (χ4n) is 3.47. The minimum Gasteiger partial charge on any atom is -0.449 e. The normalized spacial score (nSPS) is 21.5. The van der Waals surface area contributed by atoms with Gasteiger partial charge < -0.3 is 9.84 Å². The summed E-state index contributed by atoms with van der Waals surface area (Å²) in [7, 11) is 0. The van der Waals surface area contributed by atoms with E-state index in [1.54, 1.807) is 6.07 Å². The Kier molecular flexibility index (Phi) is 6.22. The Balaban J connectivity index is 1.81. The quantitative estimate of drug-likeness (QED) is 0.563. The minimum atomic E-state index is -1.42. The van der Waals surface area contributed by atoms with Crippen molar-refractivity contribution in [3.8, 4) is 5.75 Å². The molecule has 3 nitrogen and oxygen atoms in total. The summed E-state index contributed by atoms with van der Waals surface area (Å²) in [6, 6.07) is 4.31. The third kappa shape index (κ3) is 5.00. The molecule has 0 bridgehead atoms. The fraction of sp³-hybridized carbons (Fsp3) is 0.611. The van der Waals surface area contributed by atoms with E-state index in [0.717, 1.165) is 18.4 Å². The Morgan fingerprint density at radius 2 is 1.86 bits per heavy atom. The predicted molar refractivity (Wildman–Crippen MR) is 83.7 cm³/mol. The lowest BCUT2D eigenvalue weighted by atomic mass is 9.78. The number of carboxylic acid groups (broad SMARTS) is 1. The monoisotopic (exact) mass is 308 g/mol. The van der Waals surface area contributed by atoms with Gasteiger partial charge in [-0.25, -0.2) is 9.18 Å². The van der Waals surface area contributed by atoms with Crippen LogP contribution in [-0.4, -0.2) is 11.3 Å². The van der Waals surface area contributed by atoms with Gasteiger partial charge in [0.1, 0.15) is 11.6 Å². The van der Waals surface area contributed by atoms with Gasteiger partial charge in [-0.15, -0.1) is 0 Å². The van der Waals surface area contributed by atoms with E-state index in [9.17, 15) is 9.18 Å². The standard InChI is InChI=1S/C18H25FO3/c1-2-3-13-4-6-14(7-5-13)8-9-15-10-11-16(12-17(15)19)22-18(20)21/h10-14H,2-9H2,1H3,(H,20,21). The minimum absolute atomic E-state index is 0.0359. The van der Waals surface area contributed by atoms with Crippen molar-refractivity contribution in [2.24, 2.45) is 11.8 Å². The number of aryl methyl sites for hydroxylation is 1. The first-order valence-electron chi connectivity index (χ1n) is 8.27. The molecule has 1 aromatic carbocycles. The molecule has 1 saturated carbocycles. The average Bonchev–Trinajstić information content (AvgIpc) is 2.48. The van der Waals surface area contributed by atoms with Crippen LogP contribution in [0.1, 0.15) is 57.4 Å². The van der Waals surface area contributed by atoms with Gasteiger partial charge in [-0.2, -0.15) is 0 Å². The summed E-state index contributed by atoms with van der Waals surface area (Å²) >= 11 is 0. The largest absolute Gasteiger partial charge is 0.511 e. The molecule has 1 N–H and O–H groups in total. The second-order valence-electron chi connectivity index (χ2n) is 6.34. The van der Waals surface area contributed by atoms with Gasteiger partial charge >= 0.3 is 6.16 Å². The maximum atomic E-state index is 13.9. The molecule has 0 heterocycles. The third-order valence-electron chi connectivity index (χ3n) is 4.71. The van der Waals surface area contributed by atoms with Gasteiger partial charge in [-0.3, -0.25) is 0 Å². The Labute approximate surface area is 131 Å². The van der Waals surface area contributed by atoms with E-state index < -0.39 is 6.16 Å². The lowest BCUT2D eigenvalue weighted by Crippen LogP contribution is -2.15. The molecule has 0 aliphatic heterocycles. The van der Waals surface area contributed by atoms with E-state index in [1.165, 1.54) is 44.6 Å². The summed E-state index contributed by atoms with van der Waals surface area (Å²) in [6.07, 6.45) is 8.04. The van der Waals surface area contributed by atoms with Crippen LogP contribution in [-0.2, 0) is 6.42 Å². The second kappa shape index (κ2) is 8.16. The first-order chi connectivity index (χ1) is 10.6. The average molecular weight is 308 g/mol. The highest BCUT2D eigenvalue weighted by molar-refractivity contribution is 5.61. The van der Waals surface area contributed by atoms with Crippen LogP contribution in [0.3, 0.4) is 0 Å². The van der Waals surface area contributed by atoms with Gasteiger partial charge in [0.2, 0.25) is 0 Å². The number of carbonyl (C=O) groups is 1. The van der Waals surface area contributed by atoms with Crippen molar-refractivity contribution in [1.29, 1.82) is 0 Å². The Bertz CT molecular complexity index is 493. The van der Waals surface area contributed by atoms with E-state index in [0.29, 0.717) is 17.9 Å². The lowest BCUT2D eigenvalue weighted by Gasteiger charge is -2.28. The van der Waals surface area contributed by atoms with Gasteiger partial charge in [-0.05, 0) is 36.3 Å². The van der Waals surface area contributed by atoms with Gasteiger partial charge in [0.05, 0.1) is 0 Å². The zero-order valence-electron chi connectivity index (χ0n) is 13.2. The summed E-state index contributed by atoms with van der Waals surface area (Å²) in [4.78, 5) is 10.4. The maximum Gasteiger partial charge on any atom is 0.511 e. The molecular formula is C18H25FO3. The molecular weight excluding hydrogens is 283 g/mol. The number of hydrogen-bond donors (Lipinski definition) is 1. The summed E-state index contributed by atoms with van der Waals surface area (Å²) in [5.41, 5.74) is 0.647. The van der Waals surface area contributed by atoms with Crippen LogP contribution in [0.4, 0.5) is 9.18 Å². The van der Waals surface area contributed by atoms with Gasteiger partial charge in [0.15, 0.2) is 0 Å². The lowest BCUT2D eigenvalue weighted by molar-refractivity contribution is 0.144. The summed E-state index contributed by atoms with van der Waals surface area (Å²) in [5, 5.41) is 8.52. The molecule has 1 fully saturated rings. The summed E-state index contributed by atoms with van der Waals surface area (Å²) in [6.45, 7) is 2.24. The van der Waals surface area contributed by atoms with Crippen LogP contribution in [0.25, 0.3) is 0 Å². The molecule has 0 radical (unpaired) electrons. The zero-order valence-corrected chi connectivity index (χ0v) is 13.2. The van der Waals surface area contributed by atoms with Crippen LogP contribution in [0.5, 0.6) is 5.75 Å². The first-order valence-corrected chi connectivity index (χ1v) is 8.27. The smallest absolute Gasteiger partial charge is 0.449 e. The highest BCUT2D eigenvalue weighted by Gasteiger charge is 2.20. The van der Waals surface area contributed by atoms with Crippen LogP contribution < -0.4 is 4.74 Å². The molecule has 0 aromatic heterocycles. The van der Waals surface area contributed by atoms with Crippen molar-refractivity contribution in [1.82, 2.24) is 0 Å². The van der Waals surface area contributed by atoms with Gasteiger partial charge in [0.25, 0.3) is 0 Å². The van der Waals surface area contributed by atoms with E-state index in [4.69, 9.17) is 5.11 Å². The summed E-state index contributed by atoms with van der Waals surface area (Å²) in [5.74, 6) is 1.25. The molecule has 0 unspecified atom stereocenters. The fourth-order valence-corrected chi connectivity index (χ4v) is 3.47. The van der Waals surface area contributed by atoms with E-state index in [-0.39, 0.29) is 11.6 Å². The zero-order chi connectivity index (χ0) is 15.9. The number of hydrogen-bond acceptors (Lipinski definition) is 2. The maximum absolute atomic E-state index is 13.9. The van der Waals surface area contributed by atoms with Crippen LogP contribution in [0.2, 0.25) is 0 Å². The van der Waals surface area contributed by atoms with E-state index >= 15 is 0 Å². The van der Waals surface area contributed by atoms with Crippen molar-refractivity contribution in [2.45, 2.75) is 58.3 Å². The molecule has 0 atom stereocenters. The topological polar surface area (TPSA) is 46.5 Å². The third-order valence-corrected chi connectivity index (χ3v) is 4.71. The molecule has 0 spiro atoms. The second-order valence-corrected chi connectivity index (χ2v) is 6.34. The SMILES string of the molecule is CCCC1CCC(CCc2ccc(OC(=O)O)cc2F)CC1. The van der Waals surface area contributed by atoms with Crippen molar-refractivity contribution in [3.05, 3.63) is 29.6 Å². The molecule has 4 heteroatoms. The summed E-state index contributed by atoms with van der Waals surface area (Å²) < 4.78 is 18.4. The Hall–Kier alpha value is -1.58.